The quantitative estimate of drug-likeness (QED) is 0.641. The highest BCUT2D eigenvalue weighted by molar-refractivity contribution is 5.93. The van der Waals surface area contributed by atoms with Crippen LogP contribution in [0.25, 0.3) is 11.0 Å². The van der Waals surface area contributed by atoms with E-state index in [4.69, 9.17) is 0 Å². The molecular formula is C23H28N6O2. The minimum atomic E-state index is -0.104. The summed E-state index contributed by atoms with van der Waals surface area (Å²) >= 11 is 0. The average molecular weight is 421 g/mol. The molecule has 4 rings (SSSR count). The van der Waals surface area contributed by atoms with Crippen molar-refractivity contribution in [1.82, 2.24) is 29.5 Å². The Balaban J connectivity index is 1.34. The van der Waals surface area contributed by atoms with Gasteiger partial charge in [-0.25, -0.2) is 9.67 Å². The highest BCUT2D eigenvalue weighted by atomic mass is 16.2. The largest absolute Gasteiger partial charge is 0.335 e. The van der Waals surface area contributed by atoms with Crippen LogP contribution in [0.3, 0.4) is 0 Å². The van der Waals surface area contributed by atoms with E-state index in [9.17, 15) is 9.59 Å². The first-order valence-corrected chi connectivity index (χ1v) is 10.6. The van der Waals surface area contributed by atoms with Crippen molar-refractivity contribution >= 4 is 16.9 Å². The van der Waals surface area contributed by atoms with Crippen LogP contribution in [-0.2, 0) is 12.0 Å². The molecule has 162 valence electrons. The first-order chi connectivity index (χ1) is 14.8. The molecule has 3 heterocycles. The molecule has 31 heavy (non-hydrogen) atoms. The zero-order valence-corrected chi connectivity index (χ0v) is 18.3. The molecule has 8 heteroatoms. The van der Waals surface area contributed by atoms with Crippen molar-refractivity contribution in [1.29, 1.82) is 0 Å². The SMILES string of the molecule is CC(C)(C)c1ccc(=O)n(CCN2CCN(C(=O)c3cnc4ccccc4n3)CC2)n1. The molecule has 8 nitrogen and oxygen atoms in total. The van der Waals surface area contributed by atoms with Crippen LogP contribution < -0.4 is 5.56 Å². The summed E-state index contributed by atoms with van der Waals surface area (Å²) in [5.41, 5.74) is 2.59. The van der Waals surface area contributed by atoms with Crippen molar-refractivity contribution in [2.24, 2.45) is 0 Å². The second-order valence-electron chi connectivity index (χ2n) is 8.91. The molecule has 2 aromatic heterocycles. The predicted molar refractivity (Wildman–Crippen MR) is 119 cm³/mol. The number of hydrogen-bond donors (Lipinski definition) is 0. The molecule has 1 aliphatic heterocycles. The van der Waals surface area contributed by atoms with Crippen molar-refractivity contribution in [3.63, 3.8) is 0 Å². The molecule has 0 aliphatic carbocycles. The van der Waals surface area contributed by atoms with Gasteiger partial charge in [-0.2, -0.15) is 5.10 Å². The van der Waals surface area contributed by atoms with Gasteiger partial charge < -0.3 is 4.90 Å². The number of piperazine rings is 1. The summed E-state index contributed by atoms with van der Waals surface area (Å²) < 4.78 is 1.54. The molecule has 0 N–H and O–H groups in total. The van der Waals surface area contributed by atoms with Crippen LogP contribution in [0.1, 0.15) is 37.0 Å². The molecule has 1 aliphatic rings. The fourth-order valence-corrected chi connectivity index (χ4v) is 3.64. The van der Waals surface area contributed by atoms with E-state index in [0.29, 0.717) is 25.3 Å². The van der Waals surface area contributed by atoms with Crippen molar-refractivity contribution in [2.45, 2.75) is 32.7 Å². The molecule has 0 atom stereocenters. The molecule has 0 bridgehead atoms. The number of hydrogen-bond acceptors (Lipinski definition) is 6. The molecule has 0 unspecified atom stereocenters. The third-order valence-corrected chi connectivity index (χ3v) is 5.59. The van der Waals surface area contributed by atoms with Crippen molar-refractivity contribution in [3.05, 3.63) is 64.3 Å². The molecule has 1 fully saturated rings. The van der Waals surface area contributed by atoms with Gasteiger partial charge in [0.05, 0.1) is 29.5 Å². The number of nitrogens with zero attached hydrogens (tertiary/aromatic N) is 6. The van der Waals surface area contributed by atoms with Crippen molar-refractivity contribution in [3.8, 4) is 0 Å². The highest BCUT2D eigenvalue weighted by Gasteiger charge is 2.23. The highest BCUT2D eigenvalue weighted by Crippen LogP contribution is 2.18. The maximum atomic E-state index is 12.9. The first kappa shape index (κ1) is 21.1. The molecule has 1 saturated heterocycles. The number of fused-ring (bicyclic) bond motifs is 1. The number of amides is 1. The summed E-state index contributed by atoms with van der Waals surface area (Å²) in [6, 6.07) is 10.9. The number of rotatable bonds is 4. The molecule has 3 aromatic rings. The van der Waals surface area contributed by atoms with Crippen LogP contribution >= 0.6 is 0 Å². The van der Waals surface area contributed by atoms with Crippen LogP contribution in [0, 0.1) is 0 Å². The summed E-state index contributed by atoms with van der Waals surface area (Å²) in [5.74, 6) is -0.0892. The van der Waals surface area contributed by atoms with E-state index >= 15 is 0 Å². The lowest BCUT2D eigenvalue weighted by molar-refractivity contribution is 0.0625. The third kappa shape index (κ3) is 4.80. The Morgan fingerprint density at radius 2 is 1.68 bits per heavy atom. The van der Waals surface area contributed by atoms with Gasteiger partial charge in [0.25, 0.3) is 11.5 Å². The van der Waals surface area contributed by atoms with Crippen LogP contribution in [0.5, 0.6) is 0 Å². The summed E-state index contributed by atoms with van der Waals surface area (Å²) in [5, 5.41) is 4.53. The number of benzene rings is 1. The summed E-state index contributed by atoms with van der Waals surface area (Å²) in [6.45, 7) is 10.3. The zero-order chi connectivity index (χ0) is 22.0. The summed E-state index contributed by atoms with van der Waals surface area (Å²) in [4.78, 5) is 37.9. The molecule has 1 amide bonds. The lowest BCUT2D eigenvalue weighted by Crippen LogP contribution is -2.49. The van der Waals surface area contributed by atoms with E-state index in [0.717, 1.165) is 36.4 Å². The summed E-state index contributed by atoms with van der Waals surface area (Å²) in [7, 11) is 0. The second-order valence-corrected chi connectivity index (χ2v) is 8.91. The lowest BCUT2D eigenvalue weighted by atomic mass is 9.92. The Morgan fingerprint density at radius 3 is 2.39 bits per heavy atom. The smallest absolute Gasteiger partial charge is 0.274 e. The number of carbonyl (C=O) groups is 1. The zero-order valence-electron chi connectivity index (χ0n) is 18.3. The molecule has 0 radical (unpaired) electrons. The van der Waals surface area contributed by atoms with Crippen LogP contribution in [0.15, 0.2) is 47.4 Å². The average Bonchev–Trinajstić information content (AvgIpc) is 2.77. The maximum Gasteiger partial charge on any atom is 0.274 e. The monoisotopic (exact) mass is 420 g/mol. The van der Waals surface area contributed by atoms with E-state index in [1.165, 1.54) is 0 Å². The van der Waals surface area contributed by atoms with Crippen molar-refractivity contribution in [2.75, 3.05) is 32.7 Å². The number of para-hydroxylation sites is 2. The molecule has 1 aromatic carbocycles. The second kappa shape index (κ2) is 8.55. The van der Waals surface area contributed by atoms with Gasteiger partial charge in [0.2, 0.25) is 0 Å². The van der Waals surface area contributed by atoms with Gasteiger partial charge in [-0.3, -0.25) is 19.5 Å². The molecule has 0 spiro atoms. The Bertz CT molecular complexity index is 1140. The van der Waals surface area contributed by atoms with Gasteiger partial charge >= 0.3 is 0 Å². The molecule has 0 saturated carbocycles. The number of carbonyl (C=O) groups excluding carboxylic acids is 1. The fourth-order valence-electron chi connectivity index (χ4n) is 3.64. The van der Waals surface area contributed by atoms with Gasteiger partial charge in [0.15, 0.2) is 0 Å². The topological polar surface area (TPSA) is 84.2 Å². The van der Waals surface area contributed by atoms with E-state index < -0.39 is 0 Å². The van der Waals surface area contributed by atoms with Gasteiger partial charge in [-0.15, -0.1) is 0 Å². The lowest BCUT2D eigenvalue weighted by Gasteiger charge is -2.34. The summed E-state index contributed by atoms with van der Waals surface area (Å²) in [6.07, 6.45) is 1.55. The van der Waals surface area contributed by atoms with Crippen molar-refractivity contribution < 1.29 is 4.79 Å². The Labute approximate surface area is 181 Å². The Morgan fingerprint density at radius 1 is 0.968 bits per heavy atom. The first-order valence-electron chi connectivity index (χ1n) is 10.6. The standard InChI is InChI=1S/C23H28N6O2/c1-23(2,3)20-8-9-21(30)29(26-20)15-12-27-10-13-28(14-11-27)22(31)19-16-24-17-6-4-5-7-18(17)25-19/h4-9,16H,10-15H2,1-3H3. The third-order valence-electron chi connectivity index (χ3n) is 5.59. The van der Waals surface area contributed by atoms with Crippen LogP contribution in [0.4, 0.5) is 0 Å². The fraction of sp³-hybridized carbons (Fsp3) is 0.435. The van der Waals surface area contributed by atoms with E-state index in [-0.39, 0.29) is 16.9 Å². The molecular weight excluding hydrogens is 392 g/mol. The van der Waals surface area contributed by atoms with Gasteiger partial charge in [0.1, 0.15) is 5.69 Å². The predicted octanol–water partition coefficient (Wildman–Crippen LogP) is 1.94. The minimum Gasteiger partial charge on any atom is -0.335 e. The Hall–Kier alpha value is -3.13. The number of aromatic nitrogens is 4. The Kier molecular flexibility index (Phi) is 5.82. The van der Waals surface area contributed by atoms with Gasteiger partial charge in [-0.05, 0) is 18.2 Å². The normalized spacial score (nSPS) is 15.4. The maximum absolute atomic E-state index is 12.9. The van der Waals surface area contributed by atoms with E-state index in [2.05, 4.69) is 40.7 Å². The minimum absolute atomic E-state index is 0.0864. The van der Waals surface area contributed by atoms with E-state index in [1.807, 2.05) is 29.2 Å². The van der Waals surface area contributed by atoms with E-state index in [1.54, 1.807) is 23.0 Å². The van der Waals surface area contributed by atoms with Crippen LogP contribution in [0.2, 0.25) is 0 Å². The van der Waals surface area contributed by atoms with Gasteiger partial charge in [-0.1, -0.05) is 32.9 Å². The van der Waals surface area contributed by atoms with Crippen LogP contribution in [-0.4, -0.2) is 68.2 Å². The van der Waals surface area contributed by atoms with Gasteiger partial charge in [0, 0.05) is 44.2 Å².